The van der Waals surface area contributed by atoms with E-state index in [1.807, 2.05) is 12.2 Å². The standard InChI is InChI=1S/C49H37NO/c1-3-4-6-11-35(2)36-20-27-43(28-21-36)50(44-29-22-40(23-30-44)39-18-16-38(17-19-39)37-12-7-5-8-13-37)45-31-24-42(25-32-45)49-34-47-46-15-10-9-14-41(46)26-33-48(47)51-49/h3-34H,1H2,2H3/b6-4-,35-11+. The van der Waals surface area contributed by atoms with Gasteiger partial charge in [0.15, 0.2) is 0 Å². The van der Waals surface area contributed by atoms with Crippen LogP contribution in [-0.4, -0.2) is 0 Å². The van der Waals surface area contributed by atoms with E-state index in [0.29, 0.717) is 0 Å². The zero-order valence-corrected chi connectivity index (χ0v) is 28.5. The number of hydrogen-bond acceptors (Lipinski definition) is 2. The van der Waals surface area contributed by atoms with E-state index < -0.39 is 0 Å². The third-order valence-electron chi connectivity index (χ3n) is 9.46. The van der Waals surface area contributed by atoms with Crippen LogP contribution in [-0.2, 0) is 0 Å². The maximum absolute atomic E-state index is 6.36. The second-order valence-electron chi connectivity index (χ2n) is 12.7. The first kappa shape index (κ1) is 31.6. The molecule has 0 amide bonds. The van der Waals surface area contributed by atoms with Crippen molar-refractivity contribution in [3.8, 4) is 33.6 Å². The molecule has 0 N–H and O–H groups in total. The van der Waals surface area contributed by atoms with Crippen LogP contribution in [0, 0.1) is 0 Å². The molecular weight excluding hydrogens is 619 g/mol. The van der Waals surface area contributed by atoms with Gasteiger partial charge in [0.2, 0.25) is 0 Å². The van der Waals surface area contributed by atoms with E-state index in [9.17, 15) is 0 Å². The summed E-state index contributed by atoms with van der Waals surface area (Å²) < 4.78 is 6.36. The zero-order valence-electron chi connectivity index (χ0n) is 28.5. The lowest BCUT2D eigenvalue weighted by Gasteiger charge is -2.26. The number of hydrogen-bond donors (Lipinski definition) is 0. The minimum absolute atomic E-state index is 0.860. The van der Waals surface area contributed by atoms with Gasteiger partial charge in [0, 0.05) is 28.0 Å². The highest BCUT2D eigenvalue weighted by Gasteiger charge is 2.15. The van der Waals surface area contributed by atoms with Gasteiger partial charge >= 0.3 is 0 Å². The van der Waals surface area contributed by atoms with Gasteiger partial charge in [-0.2, -0.15) is 0 Å². The zero-order chi connectivity index (χ0) is 34.6. The monoisotopic (exact) mass is 655 g/mol. The predicted octanol–water partition coefficient (Wildman–Crippen LogP) is 14.2. The first-order valence-electron chi connectivity index (χ1n) is 17.3. The molecule has 1 aromatic heterocycles. The smallest absolute Gasteiger partial charge is 0.135 e. The van der Waals surface area contributed by atoms with Crippen molar-refractivity contribution in [2.24, 2.45) is 0 Å². The number of allylic oxidation sites excluding steroid dienone is 5. The van der Waals surface area contributed by atoms with Crippen LogP contribution in [0.2, 0.25) is 0 Å². The molecule has 0 radical (unpaired) electrons. The fraction of sp³-hybridized carbons (Fsp3) is 0.0204. The molecule has 1 heterocycles. The van der Waals surface area contributed by atoms with Gasteiger partial charge in [-0.15, -0.1) is 0 Å². The summed E-state index contributed by atoms with van der Waals surface area (Å²) in [6.45, 7) is 5.90. The topological polar surface area (TPSA) is 16.4 Å². The van der Waals surface area contributed by atoms with Crippen molar-refractivity contribution < 1.29 is 4.42 Å². The lowest BCUT2D eigenvalue weighted by Crippen LogP contribution is -2.09. The number of nitrogens with zero attached hydrogens (tertiary/aromatic N) is 1. The summed E-state index contributed by atoms with van der Waals surface area (Å²) in [6.07, 6.45) is 7.86. The summed E-state index contributed by atoms with van der Waals surface area (Å²) in [6, 6.07) is 60.3. The Balaban J connectivity index is 1.13. The van der Waals surface area contributed by atoms with E-state index in [4.69, 9.17) is 4.42 Å². The van der Waals surface area contributed by atoms with E-state index in [2.05, 4.69) is 194 Å². The highest BCUT2D eigenvalue weighted by molar-refractivity contribution is 6.07. The van der Waals surface area contributed by atoms with Crippen molar-refractivity contribution in [3.63, 3.8) is 0 Å². The Morgan fingerprint density at radius 1 is 0.510 bits per heavy atom. The molecule has 8 rings (SSSR count). The largest absolute Gasteiger partial charge is 0.456 e. The Hall–Kier alpha value is -6.64. The number of anilines is 3. The van der Waals surface area contributed by atoms with Crippen LogP contribution in [0.15, 0.2) is 205 Å². The van der Waals surface area contributed by atoms with Crippen molar-refractivity contribution >= 4 is 44.4 Å². The third kappa shape index (κ3) is 6.56. The SMILES string of the molecule is C=C/C=C\C=C(/C)c1ccc(N(c2ccc(-c3ccc(-c4ccccc4)cc3)cc2)c2ccc(-c3cc4c(ccc5ccccc54)o3)cc2)cc1. The molecule has 0 aliphatic rings. The fourth-order valence-corrected chi connectivity index (χ4v) is 6.69. The second kappa shape index (κ2) is 14.1. The van der Waals surface area contributed by atoms with E-state index in [0.717, 1.165) is 39.4 Å². The molecule has 2 nitrogen and oxygen atoms in total. The lowest BCUT2D eigenvalue weighted by atomic mass is 10.00. The molecule has 0 fully saturated rings. The third-order valence-corrected chi connectivity index (χ3v) is 9.46. The highest BCUT2D eigenvalue weighted by atomic mass is 16.3. The molecule has 0 aliphatic carbocycles. The second-order valence-corrected chi connectivity index (χ2v) is 12.7. The van der Waals surface area contributed by atoms with Gasteiger partial charge in [-0.1, -0.05) is 140 Å². The van der Waals surface area contributed by atoms with Crippen LogP contribution in [0.3, 0.4) is 0 Å². The van der Waals surface area contributed by atoms with Gasteiger partial charge in [0.25, 0.3) is 0 Å². The van der Waals surface area contributed by atoms with Gasteiger partial charge < -0.3 is 9.32 Å². The number of benzene rings is 7. The molecule has 0 spiro atoms. The molecule has 244 valence electrons. The van der Waals surface area contributed by atoms with Crippen LogP contribution in [0.1, 0.15) is 12.5 Å². The van der Waals surface area contributed by atoms with Crippen LogP contribution in [0.4, 0.5) is 17.1 Å². The molecule has 8 aromatic rings. The van der Waals surface area contributed by atoms with Gasteiger partial charge in [-0.25, -0.2) is 0 Å². The summed E-state index contributed by atoms with van der Waals surface area (Å²) in [7, 11) is 0. The number of fused-ring (bicyclic) bond motifs is 3. The van der Waals surface area contributed by atoms with Crippen LogP contribution in [0.25, 0.3) is 60.9 Å². The van der Waals surface area contributed by atoms with Crippen LogP contribution >= 0.6 is 0 Å². The number of furan rings is 1. The van der Waals surface area contributed by atoms with Crippen LogP contribution in [0.5, 0.6) is 0 Å². The summed E-state index contributed by atoms with van der Waals surface area (Å²) in [5.41, 5.74) is 12.3. The molecule has 0 aliphatic heterocycles. The Morgan fingerprint density at radius 3 is 1.67 bits per heavy atom. The minimum atomic E-state index is 0.860. The quantitative estimate of drug-likeness (QED) is 0.144. The predicted molar refractivity (Wildman–Crippen MR) is 218 cm³/mol. The average Bonchev–Trinajstić information content (AvgIpc) is 3.65. The Morgan fingerprint density at radius 2 is 1.04 bits per heavy atom. The Labute approximate surface area is 299 Å². The lowest BCUT2D eigenvalue weighted by molar-refractivity contribution is 0.632. The molecule has 51 heavy (non-hydrogen) atoms. The van der Waals surface area contributed by atoms with E-state index in [1.54, 1.807) is 6.08 Å². The molecule has 0 atom stereocenters. The Kier molecular flexibility index (Phi) is 8.72. The van der Waals surface area contributed by atoms with E-state index >= 15 is 0 Å². The van der Waals surface area contributed by atoms with Gasteiger partial charge in [0.1, 0.15) is 11.3 Å². The molecule has 2 heteroatoms. The van der Waals surface area contributed by atoms with Crippen molar-refractivity contribution in [2.75, 3.05) is 4.90 Å². The summed E-state index contributed by atoms with van der Waals surface area (Å²) in [5, 5.41) is 3.55. The fourth-order valence-electron chi connectivity index (χ4n) is 6.69. The maximum Gasteiger partial charge on any atom is 0.135 e. The van der Waals surface area contributed by atoms with Crippen molar-refractivity contribution in [1.82, 2.24) is 0 Å². The average molecular weight is 656 g/mol. The van der Waals surface area contributed by atoms with Crippen molar-refractivity contribution in [2.45, 2.75) is 6.92 Å². The Bertz CT molecular complexity index is 2500. The molecule has 7 aromatic carbocycles. The molecular formula is C49H37NO. The minimum Gasteiger partial charge on any atom is -0.456 e. The van der Waals surface area contributed by atoms with Gasteiger partial charge in [-0.05, 0) is 112 Å². The van der Waals surface area contributed by atoms with Crippen molar-refractivity contribution in [3.05, 3.63) is 206 Å². The van der Waals surface area contributed by atoms with Crippen LogP contribution < -0.4 is 4.90 Å². The molecule has 0 unspecified atom stereocenters. The molecule has 0 bridgehead atoms. The summed E-state index contributed by atoms with van der Waals surface area (Å²) in [4.78, 5) is 2.30. The number of rotatable bonds is 9. The molecule has 0 saturated heterocycles. The summed E-state index contributed by atoms with van der Waals surface area (Å²) >= 11 is 0. The van der Waals surface area contributed by atoms with E-state index in [-0.39, 0.29) is 0 Å². The first-order valence-corrected chi connectivity index (χ1v) is 17.3. The highest BCUT2D eigenvalue weighted by Crippen LogP contribution is 2.39. The van der Waals surface area contributed by atoms with Gasteiger partial charge in [-0.3, -0.25) is 0 Å². The molecule has 0 saturated carbocycles. The van der Waals surface area contributed by atoms with Gasteiger partial charge in [0.05, 0.1) is 0 Å². The van der Waals surface area contributed by atoms with Crippen molar-refractivity contribution in [1.29, 1.82) is 0 Å². The first-order chi connectivity index (χ1) is 25.1. The maximum atomic E-state index is 6.36. The summed E-state index contributed by atoms with van der Waals surface area (Å²) in [5.74, 6) is 0.860. The normalized spacial score (nSPS) is 11.7. The van der Waals surface area contributed by atoms with E-state index in [1.165, 1.54) is 44.2 Å².